The van der Waals surface area contributed by atoms with Gasteiger partial charge in [-0.05, 0) is 32.0 Å². The lowest BCUT2D eigenvalue weighted by molar-refractivity contribution is 0.101. The van der Waals surface area contributed by atoms with Gasteiger partial charge in [-0.3, -0.25) is 4.79 Å². The van der Waals surface area contributed by atoms with Gasteiger partial charge in [0.1, 0.15) is 5.75 Å². The maximum absolute atomic E-state index is 11.1. The van der Waals surface area contributed by atoms with E-state index in [9.17, 15) is 4.79 Å². The average molecular weight is 179 g/mol. The number of Topliss-reactive ketones (excluding diaryl/α,β-unsaturated/α-hetero) is 1. The number of rotatable bonds is 3. The standard InChI is InChI=1S/C10H13NO2/c1-3-13-8-4-5-10(11)9(6-8)7(2)12/h4-6H,3,11H2,1-2H3. The lowest BCUT2D eigenvalue weighted by atomic mass is 10.1. The third-order valence-electron chi connectivity index (χ3n) is 1.72. The molecule has 0 aliphatic rings. The molecule has 0 radical (unpaired) electrons. The molecule has 0 fully saturated rings. The summed E-state index contributed by atoms with van der Waals surface area (Å²) >= 11 is 0. The van der Waals surface area contributed by atoms with Gasteiger partial charge in [0.15, 0.2) is 5.78 Å². The molecule has 0 bridgehead atoms. The van der Waals surface area contributed by atoms with Crippen molar-refractivity contribution in [2.24, 2.45) is 0 Å². The first-order valence-electron chi connectivity index (χ1n) is 4.18. The molecule has 0 unspecified atom stereocenters. The van der Waals surface area contributed by atoms with Gasteiger partial charge in [-0.25, -0.2) is 0 Å². The molecule has 0 saturated carbocycles. The van der Waals surface area contributed by atoms with Gasteiger partial charge in [-0.15, -0.1) is 0 Å². The summed E-state index contributed by atoms with van der Waals surface area (Å²) < 4.78 is 5.24. The minimum Gasteiger partial charge on any atom is -0.494 e. The van der Waals surface area contributed by atoms with Gasteiger partial charge >= 0.3 is 0 Å². The maximum atomic E-state index is 11.1. The minimum absolute atomic E-state index is 0.0425. The molecular formula is C10H13NO2. The van der Waals surface area contributed by atoms with Crippen LogP contribution in [0.4, 0.5) is 5.69 Å². The SMILES string of the molecule is CCOc1ccc(N)c(C(C)=O)c1. The van der Waals surface area contributed by atoms with Crippen LogP contribution in [0.5, 0.6) is 5.75 Å². The molecule has 1 aromatic carbocycles. The highest BCUT2D eigenvalue weighted by atomic mass is 16.5. The largest absolute Gasteiger partial charge is 0.494 e. The van der Waals surface area contributed by atoms with E-state index in [1.807, 2.05) is 6.92 Å². The first-order chi connectivity index (χ1) is 6.15. The van der Waals surface area contributed by atoms with E-state index in [0.29, 0.717) is 23.6 Å². The molecule has 0 amide bonds. The second kappa shape index (κ2) is 3.94. The van der Waals surface area contributed by atoms with E-state index < -0.39 is 0 Å². The molecule has 0 spiro atoms. The Hall–Kier alpha value is -1.51. The molecule has 3 heteroatoms. The third kappa shape index (κ3) is 2.21. The number of hydrogen-bond acceptors (Lipinski definition) is 3. The summed E-state index contributed by atoms with van der Waals surface area (Å²) in [5.41, 5.74) is 6.63. The summed E-state index contributed by atoms with van der Waals surface area (Å²) in [5, 5.41) is 0. The minimum atomic E-state index is -0.0425. The fourth-order valence-electron chi connectivity index (χ4n) is 1.10. The van der Waals surface area contributed by atoms with Crippen molar-refractivity contribution in [2.45, 2.75) is 13.8 Å². The Morgan fingerprint density at radius 1 is 1.54 bits per heavy atom. The highest BCUT2D eigenvalue weighted by Crippen LogP contribution is 2.19. The number of anilines is 1. The van der Waals surface area contributed by atoms with E-state index in [-0.39, 0.29) is 5.78 Å². The van der Waals surface area contributed by atoms with Crippen LogP contribution in [0.15, 0.2) is 18.2 Å². The highest BCUT2D eigenvalue weighted by molar-refractivity contribution is 5.99. The maximum Gasteiger partial charge on any atom is 0.162 e. The number of benzene rings is 1. The van der Waals surface area contributed by atoms with E-state index in [1.54, 1.807) is 18.2 Å². The van der Waals surface area contributed by atoms with Gasteiger partial charge in [-0.1, -0.05) is 0 Å². The number of nitrogen functional groups attached to an aromatic ring is 1. The Balaban J connectivity index is 3.04. The quantitative estimate of drug-likeness (QED) is 0.569. The number of ketones is 1. The average Bonchev–Trinajstić information content (AvgIpc) is 2.08. The summed E-state index contributed by atoms with van der Waals surface area (Å²) in [6.07, 6.45) is 0. The van der Waals surface area contributed by atoms with Crippen LogP contribution in [-0.4, -0.2) is 12.4 Å². The lowest BCUT2D eigenvalue weighted by Gasteiger charge is -2.06. The van der Waals surface area contributed by atoms with E-state index in [1.165, 1.54) is 6.92 Å². The van der Waals surface area contributed by atoms with Crippen molar-refractivity contribution in [3.05, 3.63) is 23.8 Å². The van der Waals surface area contributed by atoms with Crippen molar-refractivity contribution in [1.82, 2.24) is 0 Å². The Morgan fingerprint density at radius 2 is 2.23 bits per heavy atom. The molecule has 0 saturated heterocycles. The van der Waals surface area contributed by atoms with Crippen LogP contribution in [0.1, 0.15) is 24.2 Å². The summed E-state index contributed by atoms with van der Waals surface area (Å²) in [4.78, 5) is 11.1. The highest BCUT2D eigenvalue weighted by Gasteiger charge is 2.05. The smallest absolute Gasteiger partial charge is 0.162 e. The molecule has 1 rings (SSSR count). The lowest BCUT2D eigenvalue weighted by Crippen LogP contribution is -2.01. The van der Waals surface area contributed by atoms with Crippen molar-refractivity contribution in [3.8, 4) is 5.75 Å². The zero-order valence-corrected chi connectivity index (χ0v) is 7.83. The molecule has 70 valence electrons. The van der Waals surface area contributed by atoms with E-state index in [4.69, 9.17) is 10.5 Å². The molecule has 0 aliphatic carbocycles. The zero-order valence-electron chi connectivity index (χ0n) is 7.83. The number of carbonyl (C=O) groups excluding carboxylic acids is 1. The van der Waals surface area contributed by atoms with Crippen molar-refractivity contribution in [2.75, 3.05) is 12.3 Å². The van der Waals surface area contributed by atoms with Gasteiger partial charge in [-0.2, -0.15) is 0 Å². The van der Waals surface area contributed by atoms with Gasteiger partial charge in [0.25, 0.3) is 0 Å². The molecule has 0 heterocycles. The molecule has 13 heavy (non-hydrogen) atoms. The monoisotopic (exact) mass is 179 g/mol. The van der Waals surface area contributed by atoms with Crippen molar-refractivity contribution >= 4 is 11.5 Å². The molecule has 0 atom stereocenters. The second-order valence-corrected chi connectivity index (χ2v) is 2.74. The van der Waals surface area contributed by atoms with Gasteiger partial charge in [0, 0.05) is 11.3 Å². The first kappa shape index (κ1) is 9.58. The zero-order chi connectivity index (χ0) is 9.84. The molecule has 0 aromatic heterocycles. The summed E-state index contributed by atoms with van der Waals surface area (Å²) in [7, 11) is 0. The van der Waals surface area contributed by atoms with Crippen LogP contribution in [-0.2, 0) is 0 Å². The van der Waals surface area contributed by atoms with Crippen LogP contribution < -0.4 is 10.5 Å². The topological polar surface area (TPSA) is 52.3 Å². The number of nitrogens with two attached hydrogens (primary N) is 1. The van der Waals surface area contributed by atoms with E-state index >= 15 is 0 Å². The molecule has 1 aromatic rings. The van der Waals surface area contributed by atoms with Crippen molar-refractivity contribution in [1.29, 1.82) is 0 Å². The van der Waals surface area contributed by atoms with Crippen LogP contribution in [0.3, 0.4) is 0 Å². The second-order valence-electron chi connectivity index (χ2n) is 2.74. The van der Waals surface area contributed by atoms with E-state index in [0.717, 1.165) is 0 Å². The van der Waals surface area contributed by atoms with Gasteiger partial charge in [0.2, 0.25) is 0 Å². The number of carbonyl (C=O) groups is 1. The molecule has 0 aliphatic heterocycles. The number of hydrogen-bond donors (Lipinski definition) is 1. The Labute approximate surface area is 77.5 Å². The number of ether oxygens (including phenoxy) is 1. The molecule has 2 N–H and O–H groups in total. The van der Waals surface area contributed by atoms with Crippen LogP contribution in [0, 0.1) is 0 Å². The van der Waals surface area contributed by atoms with Gasteiger partial charge < -0.3 is 10.5 Å². The Morgan fingerprint density at radius 3 is 2.77 bits per heavy atom. The predicted molar refractivity (Wildman–Crippen MR) is 52.0 cm³/mol. The fraction of sp³-hybridized carbons (Fsp3) is 0.300. The van der Waals surface area contributed by atoms with Gasteiger partial charge in [0.05, 0.1) is 6.61 Å². The Kier molecular flexibility index (Phi) is 2.90. The fourth-order valence-corrected chi connectivity index (χ4v) is 1.10. The Bertz CT molecular complexity index is 321. The van der Waals surface area contributed by atoms with E-state index in [2.05, 4.69) is 0 Å². The summed E-state index contributed by atoms with van der Waals surface area (Å²) in [6, 6.07) is 5.11. The first-order valence-corrected chi connectivity index (χ1v) is 4.18. The van der Waals surface area contributed by atoms with Crippen molar-refractivity contribution in [3.63, 3.8) is 0 Å². The third-order valence-corrected chi connectivity index (χ3v) is 1.72. The summed E-state index contributed by atoms with van der Waals surface area (Å²) in [6.45, 7) is 3.96. The summed E-state index contributed by atoms with van der Waals surface area (Å²) in [5.74, 6) is 0.640. The van der Waals surface area contributed by atoms with Crippen molar-refractivity contribution < 1.29 is 9.53 Å². The predicted octanol–water partition coefficient (Wildman–Crippen LogP) is 1.87. The van der Waals surface area contributed by atoms with Crippen LogP contribution >= 0.6 is 0 Å². The molecule has 3 nitrogen and oxygen atoms in total. The normalized spacial score (nSPS) is 9.69. The molecular weight excluding hydrogens is 166 g/mol. The van der Waals surface area contributed by atoms with Crippen LogP contribution in [0.25, 0.3) is 0 Å². The van der Waals surface area contributed by atoms with Crippen LogP contribution in [0.2, 0.25) is 0 Å².